The monoisotopic (exact) mass is 116 g/mol. The van der Waals surface area contributed by atoms with Crippen LogP contribution in [0.25, 0.3) is 0 Å². The Hall–Kier alpha value is -0.0800. The molecule has 0 aliphatic rings. The second-order valence-corrected chi connectivity index (χ2v) is 2.80. The van der Waals surface area contributed by atoms with Gasteiger partial charge in [0.15, 0.2) is 0 Å². The molecule has 0 saturated heterocycles. The fraction of sp³-hybridized carbons (Fsp3) is 0.833. The van der Waals surface area contributed by atoms with Gasteiger partial charge in [-0.3, -0.25) is 0 Å². The first-order valence-corrected chi connectivity index (χ1v) is 2.94. The molecule has 0 fully saturated rings. The quantitative estimate of drug-likeness (QED) is 0.414. The third-order valence-corrected chi connectivity index (χ3v) is 0.968. The van der Waals surface area contributed by atoms with Gasteiger partial charge in [0, 0.05) is 20.5 Å². The van der Waals surface area contributed by atoms with Gasteiger partial charge in [-0.1, -0.05) is 0 Å². The lowest BCUT2D eigenvalue weighted by molar-refractivity contribution is -0.845. The van der Waals surface area contributed by atoms with Gasteiger partial charge < -0.3 is 10.2 Å². The molecule has 0 radical (unpaired) electrons. The van der Waals surface area contributed by atoms with Gasteiger partial charge >= 0.3 is 0 Å². The van der Waals surface area contributed by atoms with E-state index in [9.17, 15) is 0 Å². The maximum Gasteiger partial charge on any atom is 0.0553 e. The molecule has 0 bridgehead atoms. The van der Waals surface area contributed by atoms with Crippen molar-refractivity contribution in [2.75, 3.05) is 27.2 Å². The average molecular weight is 116 g/mol. The van der Waals surface area contributed by atoms with Gasteiger partial charge in [0.05, 0.1) is 6.54 Å². The van der Waals surface area contributed by atoms with Gasteiger partial charge in [-0.15, -0.1) is 7.05 Å². The molecule has 0 aromatic heterocycles. The van der Waals surface area contributed by atoms with Crippen LogP contribution in [-0.4, -0.2) is 31.7 Å². The van der Waals surface area contributed by atoms with Crippen LogP contribution in [0, 0.1) is 7.05 Å². The zero-order valence-electron chi connectivity index (χ0n) is 5.85. The van der Waals surface area contributed by atoms with Crippen molar-refractivity contribution < 1.29 is 4.48 Å². The molecule has 0 saturated carbocycles. The van der Waals surface area contributed by atoms with Crippen molar-refractivity contribution in [3.8, 4) is 0 Å². The normalized spacial score (nSPS) is 12.0. The fourth-order valence-electron chi connectivity index (χ4n) is 0.519. The minimum absolute atomic E-state index is 0.775. The highest BCUT2D eigenvalue weighted by atomic mass is 15.3. The van der Waals surface area contributed by atoms with E-state index >= 15 is 0 Å². The molecule has 8 heavy (non-hydrogen) atoms. The predicted molar refractivity (Wildman–Crippen MR) is 36.0 cm³/mol. The molecule has 0 aromatic carbocycles. The van der Waals surface area contributed by atoms with Crippen molar-refractivity contribution in [2.45, 2.75) is 6.42 Å². The minimum atomic E-state index is 0.775. The molecule has 2 N–H and O–H groups in total. The van der Waals surface area contributed by atoms with Crippen molar-refractivity contribution >= 4 is 0 Å². The van der Waals surface area contributed by atoms with Crippen LogP contribution in [0.4, 0.5) is 0 Å². The summed E-state index contributed by atoms with van der Waals surface area (Å²) in [6.45, 7) is 1.84. The zero-order valence-corrected chi connectivity index (χ0v) is 5.85. The highest BCUT2D eigenvalue weighted by Gasteiger charge is 1.96. The maximum absolute atomic E-state index is 5.30. The Morgan fingerprint density at radius 1 is 1.50 bits per heavy atom. The second kappa shape index (κ2) is 3.05. The fourth-order valence-corrected chi connectivity index (χ4v) is 0.519. The molecule has 0 amide bonds. The van der Waals surface area contributed by atoms with Crippen LogP contribution >= 0.6 is 0 Å². The van der Waals surface area contributed by atoms with E-state index in [0.29, 0.717) is 0 Å². The topological polar surface area (TPSA) is 26.0 Å². The molecular weight excluding hydrogens is 100 g/mol. The second-order valence-electron chi connectivity index (χ2n) is 2.80. The SMILES string of the molecule is [CH2-][N+](C)(C)CCCN. The van der Waals surface area contributed by atoms with E-state index in [1.165, 1.54) is 0 Å². The van der Waals surface area contributed by atoms with Crippen LogP contribution in [-0.2, 0) is 0 Å². The Balaban J connectivity index is 3.11. The molecule has 0 heterocycles. The Labute approximate surface area is 51.9 Å². The molecule has 0 unspecified atom stereocenters. The highest BCUT2D eigenvalue weighted by Crippen LogP contribution is 1.92. The zero-order chi connectivity index (χ0) is 6.62. The molecule has 2 nitrogen and oxygen atoms in total. The number of quaternary nitrogens is 1. The highest BCUT2D eigenvalue weighted by molar-refractivity contribution is 4.35. The van der Waals surface area contributed by atoms with Crippen LogP contribution in [0.2, 0.25) is 0 Å². The van der Waals surface area contributed by atoms with E-state index in [2.05, 4.69) is 21.1 Å². The number of nitrogens with two attached hydrogens (primary N) is 1. The van der Waals surface area contributed by atoms with Crippen LogP contribution in [0.3, 0.4) is 0 Å². The van der Waals surface area contributed by atoms with Gasteiger partial charge in [0.25, 0.3) is 0 Å². The van der Waals surface area contributed by atoms with Gasteiger partial charge in [-0.05, 0) is 6.54 Å². The Morgan fingerprint density at radius 2 is 2.00 bits per heavy atom. The lowest BCUT2D eigenvalue weighted by atomic mass is 10.4. The molecule has 2 heteroatoms. The minimum Gasteiger partial charge on any atom is -0.462 e. The van der Waals surface area contributed by atoms with E-state index in [0.717, 1.165) is 24.0 Å². The van der Waals surface area contributed by atoms with E-state index in [-0.39, 0.29) is 0 Å². The first-order valence-electron chi connectivity index (χ1n) is 2.94. The molecule has 0 aliphatic heterocycles. The summed E-state index contributed by atoms with van der Waals surface area (Å²) in [5.41, 5.74) is 5.30. The molecule has 50 valence electrons. The molecule has 0 spiro atoms. The van der Waals surface area contributed by atoms with Gasteiger partial charge in [0.1, 0.15) is 0 Å². The average Bonchev–Trinajstić information content (AvgIpc) is 1.59. The van der Waals surface area contributed by atoms with Gasteiger partial charge in [-0.25, -0.2) is 0 Å². The first-order chi connectivity index (χ1) is 3.56. The van der Waals surface area contributed by atoms with E-state index in [4.69, 9.17) is 5.73 Å². The number of nitrogens with zero attached hydrogens (tertiary/aromatic N) is 1. The Bertz CT molecular complexity index is 54.0. The van der Waals surface area contributed by atoms with E-state index in [1.807, 2.05) is 0 Å². The third-order valence-electron chi connectivity index (χ3n) is 0.968. The smallest absolute Gasteiger partial charge is 0.0553 e. The van der Waals surface area contributed by atoms with Gasteiger partial charge in [-0.2, -0.15) is 0 Å². The summed E-state index contributed by atoms with van der Waals surface area (Å²) in [5.74, 6) is 0. The Kier molecular flexibility index (Phi) is 3.02. The maximum atomic E-state index is 5.30. The summed E-state index contributed by atoms with van der Waals surface area (Å²) in [6.07, 6.45) is 1.07. The van der Waals surface area contributed by atoms with Crippen molar-refractivity contribution in [3.05, 3.63) is 7.05 Å². The summed E-state index contributed by atoms with van der Waals surface area (Å²) >= 11 is 0. The number of hydrogen-bond donors (Lipinski definition) is 1. The predicted octanol–water partition coefficient (Wildman–Crippen LogP) is 0.203. The molecule has 0 aliphatic carbocycles. The summed E-state index contributed by atoms with van der Waals surface area (Å²) in [5, 5.41) is 0. The summed E-state index contributed by atoms with van der Waals surface area (Å²) in [7, 11) is 8.02. The standard InChI is InChI=1S/C6H16N2/c1-8(2,3)6-4-5-7/h1,4-7H2,2-3H3. The molecule has 0 atom stereocenters. The van der Waals surface area contributed by atoms with Crippen LogP contribution in [0.5, 0.6) is 0 Å². The molecular formula is C6H16N2. The largest absolute Gasteiger partial charge is 0.462 e. The van der Waals surface area contributed by atoms with Crippen molar-refractivity contribution in [2.24, 2.45) is 5.73 Å². The molecule has 0 rings (SSSR count). The van der Waals surface area contributed by atoms with E-state index in [1.54, 1.807) is 0 Å². The third kappa shape index (κ3) is 5.92. The lowest BCUT2D eigenvalue weighted by Gasteiger charge is -2.32. The molecule has 0 aromatic rings. The first kappa shape index (κ1) is 7.92. The van der Waals surface area contributed by atoms with Crippen LogP contribution < -0.4 is 5.73 Å². The van der Waals surface area contributed by atoms with Crippen molar-refractivity contribution in [3.63, 3.8) is 0 Å². The van der Waals surface area contributed by atoms with Crippen LogP contribution in [0.15, 0.2) is 0 Å². The van der Waals surface area contributed by atoms with Crippen LogP contribution in [0.1, 0.15) is 6.42 Å². The Morgan fingerprint density at radius 3 is 2.12 bits per heavy atom. The summed E-state index contributed by atoms with van der Waals surface area (Å²) in [4.78, 5) is 0. The number of hydrogen-bond acceptors (Lipinski definition) is 1. The van der Waals surface area contributed by atoms with E-state index < -0.39 is 0 Å². The van der Waals surface area contributed by atoms with Gasteiger partial charge in [0.2, 0.25) is 0 Å². The summed E-state index contributed by atoms with van der Waals surface area (Å²) in [6, 6.07) is 0. The lowest BCUT2D eigenvalue weighted by Crippen LogP contribution is -2.33. The number of rotatable bonds is 3. The summed E-state index contributed by atoms with van der Waals surface area (Å²) < 4.78 is 0.775. The van der Waals surface area contributed by atoms with Crippen molar-refractivity contribution in [1.82, 2.24) is 0 Å². The van der Waals surface area contributed by atoms with Crippen molar-refractivity contribution in [1.29, 1.82) is 0 Å².